The minimum Gasteiger partial charge on any atom is -0.408 e. The van der Waals surface area contributed by atoms with Crippen LogP contribution in [0, 0.1) is 0 Å². The first-order valence-corrected chi connectivity index (χ1v) is 5.30. The Morgan fingerprint density at radius 3 is 3.06 bits per heavy atom. The number of hydrogen-bond acceptors (Lipinski definition) is 5. The van der Waals surface area contributed by atoms with Crippen LogP contribution in [0.4, 0.5) is 5.69 Å². The van der Waals surface area contributed by atoms with Crippen LogP contribution < -0.4 is 16.8 Å². The maximum atomic E-state index is 11.7. The second-order valence-electron chi connectivity index (χ2n) is 3.67. The van der Waals surface area contributed by atoms with Crippen molar-refractivity contribution in [1.29, 1.82) is 0 Å². The van der Waals surface area contributed by atoms with E-state index in [2.05, 4.69) is 10.3 Å². The summed E-state index contributed by atoms with van der Waals surface area (Å²) in [6.45, 7) is 0.0904. The first kappa shape index (κ1) is 12.3. The fourth-order valence-corrected chi connectivity index (χ4v) is 1.56. The van der Waals surface area contributed by atoms with E-state index in [1.165, 1.54) is 7.11 Å². The van der Waals surface area contributed by atoms with Gasteiger partial charge in [-0.25, -0.2) is 4.79 Å². The number of anilines is 1. The van der Waals surface area contributed by atoms with E-state index in [9.17, 15) is 9.59 Å². The quantitative estimate of drug-likeness (QED) is 0.710. The molecule has 0 aliphatic carbocycles. The second kappa shape index (κ2) is 5.03. The molecular formula is C11H13N3O4. The molecule has 4 N–H and O–H groups in total. The van der Waals surface area contributed by atoms with Crippen molar-refractivity contribution in [3.63, 3.8) is 0 Å². The number of oxazole rings is 1. The number of aromatic nitrogens is 1. The number of carbonyl (C=O) groups excluding carboxylic acids is 1. The number of ether oxygens (including phenoxy) is 1. The maximum Gasteiger partial charge on any atom is 0.417 e. The highest BCUT2D eigenvalue weighted by molar-refractivity contribution is 5.95. The average Bonchev–Trinajstić information content (AvgIpc) is 2.70. The lowest BCUT2D eigenvalue weighted by atomic mass is 10.2. The van der Waals surface area contributed by atoms with Gasteiger partial charge in [0.2, 0.25) is 0 Å². The highest BCUT2D eigenvalue weighted by Gasteiger charge is 2.15. The van der Waals surface area contributed by atoms with Crippen LogP contribution >= 0.6 is 0 Å². The molecule has 1 atom stereocenters. The number of hydrogen-bond donors (Lipinski definition) is 3. The number of carbonyl (C=O) groups is 1. The highest BCUT2D eigenvalue weighted by atomic mass is 16.5. The lowest BCUT2D eigenvalue weighted by Crippen LogP contribution is -2.35. The molecule has 1 unspecified atom stereocenters. The molecule has 18 heavy (non-hydrogen) atoms. The second-order valence-corrected chi connectivity index (χ2v) is 3.67. The number of methoxy groups -OCH3 is 1. The number of nitrogens with two attached hydrogens (primary N) is 1. The van der Waals surface area contributed by atoms with E-state index in [1.54, 1.807) is 18.2 Å². The predicted molar refractivity (Wildman–Crippen MR) is 65.3 cm³/mol. The normalized spacial score (nSPS) is 12.6. The van der Waals surface area contributed by atoms with Crippen LogP contribution in [0.25, 0.3) is 11.1 Å². The van der Waals surface area contributed by atoms with Crippen molar-refractivity contribution in [3.8, 4) is 0 Å². The Morgan fingerprint density at radius 2 is 2.39 bits per heavy atom. The summed E-state index contributed by atoms with van der Waals surface area (Å²) in [6, 6.07) is 4.81. The van der Waals surface area contributed by atoms with Crippen molar-refractivity contribution in [2.75, 3.05) is 19.0 Å². The number of benzene rings is 1. The summed E-state index contributed by atoms with van der Waals surface area (Å²) in [6.07, 6.45) is -0.705. The van der Waals surface area contributed by atoms with Gasteiger partial charge in [-0.15, -0.1) is 0 Å². The molecule has 7 nitrogen and oxygen atoms in total. The van der Waals surface area contributed by atoms with E-state index < -0.39 is 11.9 Å². The lowest BCUT2D eigenvalue weighted by molar-refractivity contribution is -0.125. The van der Waals surface area contributed by atoms with Crippen LogP contribution in [0.15, 0.2) is 27.4 Å². The van der Waals surface area contributed by atoms with E-state index >= 15 is 0 Å². The fraction of sp³-hybridized carbons (Fsp3) is 0.273. The van der Waals surface area contributed by atoms with Crippen LogP contribution in [0.5, 0.6) is 0 Å². The van der Waals surface area contributed by atoms with Crippen LogP contribution in [-0.2, 0) is 9.53 Å². The number of amides is 1. The van der Waals surface area contributed by atoms with Gasteiger partial charge in [-0.05, 0) is 18.2 Å². The Labute approximate surface area is 102 Å². The highest BCUT2D eigenvalue weighted by Crippen LogP contribution is 2.16. The molecule has 0 bridgehead atoms. The number of nitrogens with one attached hydrogen (secondary N) is 2. The van der Waals surface area contributed by atoms with E-state index in [4.69, 9.17) is 14.9 Å². The Hall–Kier alpha value is -2.12. The molecule has 1 aromatic heterocycles. The van der Waals surface area contributed by atoms with Crippen LogP contribution in [0.1, 0.15) is 0 Å². The summed E-state index contributed by atoms with van der Waals surface area (Å²) >= 11 is 0. The Kier molecular flexibility index (Phi) is 3.45. The Balaban J connectivity index is 2.21. The Morgan fingerprint density at radius 1 is 1.61 bits per heavy atom. The minimum absolute atomic E-state index is 0.0904. The molecule has 0 aliphatic heterocycles. The summed E-state index contributed by atoms with van der Waals surface area (Å²) in [5.41, 5.74) is 6.86. The third-order valence-corrected chi connectivity index (χ3v) is 2.48. The van der Waals surface area contributed by atoms with Crippen LogP contribution in [0.2, 0.25) is 0 Å². The maximum absolute atomic E-state index is 11.7. The molecule has 7 heteroatoms. The van der Waals surface area contributed by atoms with Gasteiger partial charge in [0.15, 0.2) is 5.58 Å². The van der Waals surface area contributed by atoms with E-state index in [0.717, 1.165) is 0 Å². The molecule has 0 aliphatic rings. The van der Waals surface area contributed by atoms with Gasteiger partial charge in [-0.3, -0.25) is 9.78 Å². The van der Waals surface area contributed by atoms with Crippen molar-refractivity contribution in [3.05, 3.63) is 28.7 Å². The van der Waals surface area contributed by atoms with Crippen LogP contribution in [0.3, 0.4) is 0 Å². The topological polar surface area (TPSA) is 110 Å². The van der Waals surface area contributed by atoms with E-state index in [1.807, 2.05) is 0 Å². The van der Waals surface area contributed by atoms with Crippen LogP contribution in [-0.4, -0.2) is 30.6 Å². The summed E-state index contributed by atoms with van der Waals surface area (Å²) in [7, 11) is 1.41. The molecule has 0 spiro atoms. The molecule has 0 fully saturated rings. The molecular weight excluding hydrogens is 238 g/mol. The average molecular weight is 251 g/mol. The van der Waals surface area contributed by atoms with Gasteiger partial charge in [0.25, 0.3) is 5.91 Å². The molecule has 0 radical (unpaired) electrons. The molecule has 2 rings (SSSR count). The minimum atomic E-state index is -0.705. The SMILES string of the molecule is COC(CN)C(=O)Nc1ccc2oc(=O)[nH]c2c1. The fourth-order valence-electron chi connectivity index (χ4n) is 1.56. The molecule has 2 aromatic rings. The lowest BCUT2D eigenvalue weighted by Gasteiger charge is -2.12. The van der Waals surface area contributed by atoms with E-state index in [0.29, 0.717) is 16.8 Å². The third kappa shape index (κ3) is 2.41. The standard InChI is InChI=1S/C11H13N3O4/c1-17-9(5-12)10(15)13-6-2-3-8-7(4-6)14-11(16)18-8/h2-4,9H,5,12H2,1H3,(H,13,15)(H,14,16). The number of H-pyrrole nitrogens is 1. The molecule has 0 saturated carbocycles. The third-order valence-electron chi connectivity index (χ3n) is 2.48. The van der Waals surface area contributed by atoms with Gasteiger partial charge in [-0.1, -0.05) is 0 Å². The first-order valence-electron chi connectivity index (χ1n) is 5.30. The summed E-state index contributed by atoms with van der Waals surface area (Å²) in [5, 5.41) is 2.64. The van der Waals surface area contributed by atoms with Gasteiger partial charge in [0, 0.05) is 19.3 Å². The summed E-state index contributed by atoms with van der Waals surface area (Å²) in [4.78, 5) is 25.2. The van der Waals surface area contributed by atoms with Gasteiger partial charge in [0.05, 0.1) is 5.52 Å². The predicted octanol–water partition coefficient (Wildman–Crippen LogP) is 0.0333. The molecule has 0 saturated heterocycles. The van der Waals surface area contributed by atoms with Gasteiger partial charge in [-0.2, -0.15) is 0 Å². The zero-order valence-electron chi connectivity index (χ0n) is 9.73. The van der Waals surface area contributed by atoms with Gasteiger partial charge >= 0.3 is 5.76 Å². The molecule has 1 aromatic carbocycles. The van der Waals surface area contributed by atoms with Crippen molar-refractivity contribution >= 4 is 22.7 Å². The molecule has 1 amide bonds. The Bertz CT molecular complexity index is 612. The molecule has 1 heterocycles. The zero-order valence-corrected chi connectivity index (χ0v) is 9.73. The molecule has 96 valence electrons. The van der Waals surface area contributed by atoms with Crippen molar-refractivity contribution in [2.24, 2.45) is 5.73 Å². The number of aromatic amines is 1. The van der Waals surface area contributed by atoms with Gasteiger partial charge in [0.1, 0.15) is 6.10 Å². The van der Waals surface area contributed by atoms with Gasteiger partial charge < -0.3 is 20.2 Å². The zero-order chi connectivity index (χ0) is 13.1. The van der Waals surface area contributed by atoms with Crippen molar-refractivity contribution < 1.29 is 13.9 Å². The summed E-state index contributed by atoms with van der Waals surface area (Å²) < 4.78 is 9.76. The smallest absolute Gasteiger partial charge is 0.408 e. The number of fused-ring (bicyclic) bond motifs is 1. The largest absolute Gasteiger partial charge is 0.417 e. The van der Waals surface area contributed by atoms with E-state index in [-0.39, 0.29) is 12.5 Å². The van der Waals surface area contributed by atoms with Crippen molar-refractivity contribution in [1.82, 2.24) is 4.98 Å². The summed E-state index contributed by atoms with van der Waals surface area (Å²) in [5.74, 6) is -0.879. The first-order chi connectivity index (χ1) is 8.63. The monoisotopic (exact) mass is 251 g/mol. The van der Waals surface area contributed by atoms with Crippen molar-refractivity contribution in [2.45, 2.75) is 6.10 Å². The number of rotatable bonds is 4.